The van der Waals surface area contributed by atoms with Crippen molar-refractivity contribution in [3.05, 3.63) is 77.4 Å². The highest BCUT2D eigenvalue weighted by Crippen LogP contribution is 2.38. The lowest BCUT2D eigenvalue weighted by Gasteiger charge is -2.30. The van der Waals surface area contributed by atoms with Gasteiger partial charge in [0.25, 0.3) is 5.91 Å². The van der Waals surface area contributed by atoms with Crippen molar-refractivity contribution in [2.45, 2.75) is 30.8 Å². The highest BCUT2D eigenvalue weighted by atomic mass is 79.9. The molecule has 0 spiro atoms. The standard InChI is InChI=1S/C29H31BrN2O7/c1-37-24-14-19(15-25(38-2)27(24)39-3)17-32(23(28(31)35)12-13-26(33)34)29(36)22-10-8-21(9-11-22)20-6-4-18(16-30)5-7-20/h4-11,14-15,23H,12-13,16-17H2,1-3H3,(H2,31,35)(H,33,34)/t23-/m0/s1. The number of methoxy groups -OCH3 is 3. The van der Waals surface area contributed by atoms with Crippen LogP contribution in [0.3, 0.4) is 0 Å². The van der Waals surface area contributed by atoms with E-state index < -0.39 is 23.8 Å². The Morgan fingerprint density at radius 3 is 1.85 bits per heavy atom. The molecule has 0 aliphatic rings. The number of hydrogen-bond donors (Lipinski definition) is 2. The molecule has 1 atom stereocenters. The molecule has 3 aromatic carbocycles. The van der Waals surface area contributed by atoms with Crippen molar-refractivity contribution in [1.29, 1.82) is 0 Å². The number of primary amides is 1. The van der Waals surface area contributed by atoms with E-state index in [0.29, 0.717) is 28.4 Å². The van der Waals surface area contributed by atoms with E-state index in [2.05, 4.69) is 15.9 Å². The van der Waals surface area contributed by atoms with Crippen LogP contribution < -0.4 is 19.9 Å². The van der Waals surface area contributed by atoms with Gasteiger partial charge < -0.3 is 30.0 Å². The topological polar surface area (TPSA) is 128 Å². The number of carboxylic acid groups (broad SMARTS) is 1. The minimum atomic E-state index is -1.16. The van der Waals surface area contributed by atoms with Crippen LogP contribution in [0.15, 0.2) is 60.7 Å². The minimum absolute atomic E-state index is 0.0570. The van der Waals surface area contributed by atoms with Gasteiger partial charge in [-0.25, -0.2) is 0 Å². The maximum atomic E-state index is 13.8. The summed E-state index contributed by atoms with van der Waals surface area (Å²) < 4.78 is 16.2. The Balaban J connectivity index is 2.00. The molecule has 0 unspecified atom stereocenters. The second-order valence-electron chi connectivity index (χ2n) is 8.73. The van der Waals surface area contributed by atoms with E-state index in [-0.39, 0.29) is 19.4 Å². The number of hydrogen-bond acceptors (Lipinski definition) is 6. The SMILES string of the molecule is COc1cc(CN(C(=O)c2ccc(-c3ccc(CBr)cc3)cc2)[C@@H](CCC(=O)O)C(N)=O)cc(OC)c1OC. The first-order valence-electron chi connectivity index (χ1n) is 12.1. The van der Waals surface area contributed by atoms with Crippen LogP contribution >= 0.6 is 15.9 Å². The fourth-order valence-corrected chi connectivity index (χ4v) is 4.59. The maximum Gasteiger partial charge on any atom is 0.303 e. The molecule has 0 saturated heterocycles. The summed E-state index contributed by atoms with van der Waals surface area (Å²) in [5, 5.41) is 9.99. The van der Waals surface area contributed by atoms with Crippen molar-refractivity contribution in [2.24, 2.45) is 5.73 Å². The third-order valence-electron chi connectivity index (χ3n) is 6.25. The van der Waals surface area contributed by atoms with Gasteiger partial charge in [-0.15, -0.1) is 0 Å². The molecule has 3 rings (SSSR count). The second kappa shape index (κ2) is 13.7. The molecule has 206 valence electrons. The number of halogens is 1. The second-order valence-corrected chi connectivity index (χ2v) is 9.29. The number of benzene rings is 3. The van der Waals surface area contributed by atoms with Crippen molar-refractivity contribution < 1.29 is 33.7 Å². The number of alkyl halides is 1. The molecule has 10 heteroatoms. The molecule has 0 aromatic heterocycles. The number of carbonyl (C=O) groups excluding carboxylic acids is 2. The molecule has 2 amide bonds. The number of amides is 2. The van der Waals surface area contributed by atoms with Crippen molar-refractivity contribution >= 4 is 33.7 Å². The lowest BCUT2D eigenvalue weighted by Crippen LogP contribution is -2.47. The molecule has 0 aliphatic carbocycles. The van der Waals surface area contributed by atoms with Gasteiger partial charge in [-0.1, -0.05) is 52.3 Å². The van der Waals surface area contributed by atoms with Crippen LogP contribution in [-0.4, -0.2) is 55.2 Å². The lowest BCUT2D eigenvalue weighted by atomic mass is 10.0. The maximum absolute atomic E-state index is 13.8. The van der Waals surface area contributed by atoms with Gasteiger partial charge in [-0.2, -0.15) is 0 Å². The predicted octanol–water partition coefficient (Wildman–Crippen LogP) is 4.64. The first-order valence-corrected chi connectivity index (χ1v) is 13.2. The smallest absolute Gasteiger partial charge is 0.303 e. The molecule has 0 aliphatic heterocycles. The number of carboxylic acids is 1. The van der Waals surface area contributed by atoms with Crippen molar-refractivity contribution in [1.82, 2.24) is 4.90 Å². The number of nitrogens with two attached hydrogens (primary N) is 1. The highest BCUT2D eigenvalue weighted by molar-refractivity contribution is 9.08. The summed E-state index contributed by atoms with van der Waals surface area (Å²) in [6.45, 7) is -0.0570. The van der Waals surface area contributed by atoms with Crippen LogP contribution in [-0.2, 0) is 21.5 Å². The first kappa shape index (κ1) is 29.5. The minimum Gasteiger partial charge on any atom is -0.493 e. The number of aliphatic carboxylic acids is 1. The fourth-order valence-electron chi connectivity index (χ4n) is 4.22. The Kier molecular flexibility index (Phi) is 10.3. The molecule has 3 N–H and O–H groups in total. The normalized spacial score (nSPS) is 11.4. The van der Waals surface area contributed by atoms with E-state index in [1.807, 2.05) is 36.4 Å². The van der Waals surface area contributed by atoms with Crippen LogP contribution in [0.2, 0.25) is 0 Å². The molecule has 0 heterocycles. The van der Waals surface area contributed by atoms with E-state index in [4.69, 9.17) is 19.9 Å². The molecule has 9 nitrogen and oxygen atoms in total. The van der Waals surface area contributed by atoms with Crippen LogP contribution in [0.1, 0.15) is 34.3 Å². The largest absolute Gasteiger partial charge is 0.493 e. The van der Waals surface area contributed by atoms with Crippen molar-refractivity contribution in [3.8, 4) is 28.4 Å². The van der Waals surface area contributed by atoms with Crippen LogP contribution in [0.4, 0.5) is 0 Å². The van der Waals surface area contributed by atoms with Gasteiger partial charge in [-0.3, -0.25) is 14.4 Å². The quantitative estimate of drug-likeness (QED) is 0.274. The third-order valence-corrected chi connectivity index (χ3v) is 6.90. The predicted molar refractivity (Wildman–Crippen MR) is 150 cm³/mol. The van der Waals surface area contributed by atoms with Crippen LogP contribution in [0.5, 0.6) is 17.2 Å². The Bertz CT molecular complexity index is 1290. The number of nitrogens with zero attached hydrogens (tertiary/aromatic N) is 1. The van der Waals surface area contributed by atoms with Gasteiger partial charge in [0.05, 0.1) is 21.3 Å². The van der Waals surface area contributed by atoms with Gasteiger partial charge in [0.15, 0.2) is 11.5 Å². The zero-order valence-electron chi connectivity index (χ0n) is 22.0. The van der Waals surface area contributed by atoms with E-state index in [0.717, 1.165) is 22.0 Å². The third kappa shape index (κ3) is 7.29. The number of rotatable bonds is 13. The highest BCUT2D eigenvalue weighted by Gasteiger charge is 2.30. The Labute approximate surface area is 235 Å². The first-order chi connectivity index (χ1) is 18.7. The monoisotopic (exact) mass is 598 g/mol. The molecule has 0 radical (unpaired) electrons. The molecule has 39 heavy (non-hydrogen) atoms. The number of carbonyl (C=O) groups is 3. The summed E-state index contributed by atoms with van der Waals surface area (Å²) in [5.74, 6) is -1.26. The summed E-state index contributed by atoms with van der Waals surface area (Å²) in [6, 6.07) is 17.2. The Morgan fingerprint density at radius 1 is 0.872 bits per heavy atom. The molecule has 0 bridgehead atoms. The van der Waals surface area contributed by atoms with E-state index in [1.165, 1.54) is 26.2 Å². The van der Waals surface area contributed by atoms with E-state index in [1.54, 1.807) is 24.3 Å². The molecule has 3 aromatic rings. The summed E-state index contributed by atoms with van der Waals surface area (Å²) >= 11 is 3.44. The van der Waals surface area contributed by atoms with Crippen molar-refractivity contribution in [2.75, 3.05) is 21.3 Å². The molecular weight excluding hydrogens is 568 g/mol. The average molecular weight is 599 g/mol. The van der Waals surface area contributed by atoms with Gasteiger partial charge >= 0.3 is 5.97 Å². The van der Waals surface area contributed by atoms with Gasteiger partial charge in [0, 0.05) is 23.9 Å². The number of ether oxygens (including phenoxy) is 3. The summed E-state index contributed by atoms with van der Waals surface area (Å²) in [4.78, 5) is 38.8. The zero-order chi connectivity index (χ0) is 28.5. The Hall–Kier alpha value is -4.05. The summed E-state index contributed by atoms with van der Waals surface area (Å²) in [7, 11) is 4.42. The van der Waals surface area contributed by atoms with E-state index >= 15 is 0 Å². The zero-order valence-corrected chi connectivity index (χ0v) is 23.6. The lowest BCUT2D eigenvalue weighted by molar-refractivity contribution is -0.137. The Morgan fingerprint density at radius 2 is 1.41 bits per heavy atom. The summed E-state index contributed by atoms with van der Waals surface area (Å²) in [5.41, 5.74) is 9.63. The van der Waals surface area contributed by atoms with E-state index in [9.17, 15) is 19.5 Å². The fraction of sp³-hybridized carbons (Fsp3) is 0.276. The van der Waals surface area contributed by atoms with Gasteiger partial charge in [0.1, 0.15) is 6.04 Å². The summed E-state index contributed by atoms with van der Waals surface area (Å²) in [6.07, 6.45) is -0.477. The van der Waals surface area contributed by atoms with Gasteiger partial charge in [-0.05, 0) is 52.9 Å². The molecule has 0 fully saturated rings. The van der Waals surface area contributed by atoms with Crippen LogP contribution in [0.25, 0.3) is 11.1 Å². The van der Waals surface area contributed by atoms with Gasteiger partial charge in [0.2, 0.25) is 11.7 Å². The molecular formula is C29H31BrN2O7. The van der Waals surface area contributed by atoms with Crippen molar-refractivity contribution in [3.63, 3.8) is 0 Å². The van der Waals surface area contributed by atoms with Crippen LogP contribution in [0, 0.1) is 0 Å². The molecule has 0 saturated carbocycles. The average Bonchev–Trinajstić information content (AvgIpc) is 2.95.